The standard InChI is InChI=1S/C43H50/c1-31-17-27-41(42(29-31)36-15-9-4-10-16-36)39-26-28-40(37-22-18-34(19-23-37)32-11-5-2-6-12-32)43(30-39)38-24-20-35(21-25-38)33-13-7-3-8-14-33/h3,7-8,13-14,17,20-21,24-30,32,34,36-37H,2,4-6,9-12,15-16,18-19,22-23H2,1H3. The molecule has 0 radical (unpaired) electrons. The van der Waals surface area contributed by atoms with Gasteiger partial charge >= 0.3 is 0 Å². The van der Waals surface area contributed by atoms with Gasteiger partial charge in [0.1, 0.15) is 0 Å². The SMILES string of the molecule is Cc1ccc(-c2ccc(C3CCC(C4CCCCC4)CC3)c(-c3ccc(-c4ccccc4)cc3)c2)c(C2CCCCC2)c1. The summed E-state index contributed by atoms with van der Waals surface area (Å²) in [5.41, 5.74) is 12.9. The van der Waals surface area contributed by atoms with E-state index < -0.39 is 0 Å². The Morgan fingerprint density at radius 1 is 0.395 bits per heavy atom. The third kappa shape index (κ3) is 6.40. The molecule has 4 aromatic carbocycles. The molecule has 0 aliphatic heterocycles. The molecule has 0 N–H and O–H groups in total. The van der Waals surface area contributed by atoms with Crippen molar-refractivity contribution < 1.29 is 0 Å². The summed E-state index contributed by atoms with van der Waals surface area (Å²) in [6.07, 6.45) is 19.8. The van der Waals surface area contributed by atoms with Crippen LogP contribution in [0.15, 0.2) is 91.0 Å². The van der Waals surface area contributed by atoms with Crippen molar-refractivity contribution in [1.82, 2.24) is 0 Å². The fourth-order valence-electron chi connectivity index (χ4n) is 9.01. The van der Waals surface area contributed by atoms with Crippen LogP contribution in [0, 0.1) is 18.8 Å². The fourth-order valence-corrected chi connectivity index (χ4v) is 9.01. The molecule has 0 spiro atoms. The molecule has 0 saturated heterocycles. The van der Waals surface area contributed by atoms with E-state index in [1.807, 2.05) is 0 Å². The van der Waals surface area contributed by atoms with E-state index in [-0.39, 0.29) is 0 Å². The minimum Gasteiger partial charge on any atom is -0.0622 e. The molecule has 0 amide bonds. The molecule has 0 heterocycles. The second-order valence-electron chi connectivity index (χ2n) is 14.2. The van der Waals surface area contributed by atoms with Gasteiger partial charge in [0.15, 0.2) is 0 Å². The predicted molar refractivity (Wildman–Crippen MR) is 185 cm³/mol. The van der Waals surface area contributed by atoms with Crippen molar-refractivity contribution in [2.24, 2.45) is 11.8 Å². The van der Waals surface area contributed by atoms with Crippen LogP contribution in [0.1, 0.15) is 118 Å². The van der Waals surface area contributed by atoms with Crippen molar-refractivity contribution in [3.63, 3.8) is 0 Å². The normalized spacial score (nSPS) is 22.0. The fraction of sp³-hybridized carbons (Fsp3) is 0.442. The van der Waals surface area contributed by atoms with Crippen LogP contribution in [-0.4, -0.2) is 0 Å². The van der Waals surface area contributed by atoms with Crippen LogP contribution < -0.4 is 0 Å². The van der Waals surface area contributed by atoms with E-state index in [9.17, 15) is 0 Å². The monoisotopic (exact) mass is 566 g/mol. The third-order valence-corrected chi connectivity index (χ3v) is 11.4. The summed E-state index contributed by atoms with van der Waals surface area (Å²) in [7, 11) is 0. The van der Waals surface area contributed by atoms with Gasteiger partial charge in [0.25, 0.3) is 0 Å². The summed E-state index contributed by atoms with van der Waals surface area (Å²) >= 11 is 0. The maximum Gasteiger partial charge on any atom is -0.0143 e. The first-order chi connectivity index (χ1) is 21.2. The van der Waals surface area contributed by atoms with E-state index in [4.69, 9.17) is 0 Å². The van der Waals surface area contributed by atoms with E-state index in [1.165, 1.54) is 129 Å². The van der Waals surface area contributed by atoms with Gasteiger partial charge in [-0.05, 0) is 120 Å². The lowest BCUT2D eigenvalue weighted by molar-refractivity contribution is 0.186. The zero-order chi connectivity index (χ0) is 29.0. The minimum atomic E-state index is 0.675. The molecule has 3 fully saturated rings. The van der Waals surface area contributed by atoms with E-state index in [2.05, 4.69) is 97.9 Å². The first-order valence-electron chi connectivity index (χ1n) is 17.6. The van der Waals surface area contributed by atoms with Gasteiger partial charge in [-0.1, -0.05) is 142 Å². The highest BCUT2D eigenvalue weighted by Gasteiger charge is 2.30. The van der Waals surface area contributed by atoms with Crippen molar-refractivity contribution >= 4 is 0 Å². The molecule has 0 nitrogen and oxygen atoms in total. The molecule has 43 heavy (non-hydrogen) atoms. The largest absolute Gasteiger partial charge is 0.0622 e. The van der Waals surface area contributed by atoms with Crippen molar-refractivity contribution in [2.45, 2.75) is 109 Å². The Bertz CT molecular complexity index is 1470. The Labute approximate surface area is 261 Å². The molecule has 3 aliphatic carbocycles. The van der Waals surface area contributed by atoms with Crippen molar-refractivity contribution in [3.05, 3.63) is 108 Å². The van der Waals surface area contributed by atoms with Crippen LogP contribution in [0.4, 0.5) is 0 Å². The molecule has 0 bridgehead atoms. The zero-order valence-corrected chi connectivity index (χ0v) is 26.4. The molecular weight excluding hydrogens is 516 g/mol. The highest BCUT2D eigenvalue weighted by Crippen LogP contribution is 2.46. The second-order valence-corrected chi connectivity index (χ2v) is 14.2. The zero-order valence-electron chi connectivity index (χ0n) is 26.4. The van der Waals surface area contributed by atoms with Gasteiger partial charge in [0, 0.05) is 0 Å². The molecule has 3 aliphatic rings. The number of hydrogen-bond donors (Lipinski definition) is 0. The summed E-state index contributed by atoms with van der Waals surface area (Å²) in [6, 6.07) is 35.1. The quantitative estimate of drug-likeness (QED) is 0.218. The lowest BCUT2D eigenvalue weighted by atomic mass is 9.69. The number of hydrogen-bond acceptors (Lipinski definition) is 0. The van der Waals surface area contributed by atoms with Gasteiger partial charge in [0.2, 0.25) is 0 Å². The summed E-state index contributed by atoms with van der Waals surface area (Å²) in [4.78, 5) is 0. The lowest BCUT2D eigenvalue weighted by Gasteiger charge is -2.36. The average Bonchev–Trinajstić information content (AvgIpc) is 3.09. The van der Waals surface area contributed by atoms with Crippen molar-refractivity contribution in [1.29, 1.82) is 0 Å². The maximum atomic E-state index is 2.57. The third-order valence-electron chi connectivity index (χ3n) is 11.4. The van der Waals surface area contributed by atoms with Gasteiger partial charge in [-0.25, -0.2) is 0 Å². The highest BCUT2D eigenvalue weighted by atomic mass is 14.4. The van der Waals surface area contributed by atoms with Crippen LogP contribution in [0.5, 0.6) is 0 Å². The van der Waals surface area contributed by atoms with Crippen LogP contribution in [0.3, 0.4) is 0 Å². The van der Waals surface area contributed by atoms with Crippen molar-refractivity contribution in [3.8, 4) is 33.4 Å². The summed E-state index contributed by atoms with van der Waals surface area (Å²) < 4.78 is 0. The number of benzene rings is 4. The molecule has 0 unspecified atom stereocenters. The Morgan fingerprint density at radius 2 is 0.977 bits per heavy atom. The Morgan fingerprint density at radius 3 is 1.70 bits per heavy atom. The van der Waals surface area contributed by atoms with Gasteiger partial charge in [-0.3, -0.25) is 0 Å². The van der Waals surface area contributed by atoms with Crippen LogP contribution >= 0.6 is 0 Å². The molecule has 4 aromatic rings. The van der Waals surface area contributed by atoms with Gasteiger partial charge in [-0.15, -0.1) is 0 Å². The summed E-state index contributed by atoms with van der Waals surface area (Å²) in [5, 5.41) is 0. The first-order valence-corrected chi connectivity index (χ1v) is 17.6. The molecule has 0 aromatic heterocycles. The van der Waals surface area contributed by atoms with Crippen molar-refractivity contribution in [2.75, 3.05) is 0 Å². The molecular formula is C43H50. The van der Waals surface area contributed by atoms with E-state index in [0.717, 1.165) is 11.8 Å². The van der Waals surface area contributed by atoms with E-state index >= 15 is 0 Å². The first kappa shape index (κ1) is 28.6. The van der Waals surface area contributed by atoms with Gasteiger partial charge in [-0.2, -0.15) is 0 Å². The highest BCUT2D eigenvalue weighted by molar-refractivity contribution is 5.79. The molecule has 7 rings (SSSR count). The second kappa shape index (κ2) is 13.3. The van der Waals surface area contributed by atoms with Crippen LogP contribution in [0.25, 0.3) is 33.4 Å². The lowest BCUT2D eigenvalue weighted by Crippen LogP contribution is -2.23. The molecule has 3 saturated carbocycles. The topological polar surface area (TPSA) is 0 Å². The Balaban J connectivity index is 1.24. The average molecular weight is 567 g/mol. The summed E-state index contributed by atoms with van der Waals surface area (Å²) in [5.74, 6) is 3.34. The van der Waals surface area contributed by atoms with E-state index in [0.29, 0.717) is 11.8 Å². The van der Waals surface area contributed by atoms with Crippen LogP contribution in [0.2, 0.25) is 0 Å². The maximum absolute atomic E-state index is 2.57. The number of aryl methyl sites for hydroxylation is 1. The Hall–Kier alpha value is -3.12. The van der Waals surface area contributed by atoms with Crippen LogP contribution in [-0.2, 0) is 0 Å². The van der Waals surface area contributed by atoms with E-state index in [1.54, 1.807) is 11.1 Å². The summed E-state index contributed by atoms with van der Waals surface area (Å²) in [6.45, 7) is 2.27. The van der Waals surface area contributed by atoms with Gasteiger partial charge < -0.3 is 0 Å². The van der Waals surface area contributed by atoms with Gasteiger partial charge in [0.05, 0.1) is 0 Å². The smallest absolute Gasteiger partial charge is 0.0143 e. The predicted octanol–water partition coefficient (Wildman–Crippen LogP) is 12.9. The molecule has 0 heteroatoms. The number of rotatable bonds is 6. The molecule has 0 atom stereocenters. The molecule has 222 valence electrons. The minimum absolute atomic E-state index is 0.675. The Kier molecular flexibility index (Phi) is 8.83.